The van der Waals surface area contributed by atoms with Crippen molar-refractivity contribution < 1.29 is 28.6 Å². The minimum Gasteiger partial charge on any atom is -0.456 e. The summed E-state index contributed by atoms with van der Waals surface area (Å²) in [5.74, 6) is -0.762. The summed E-state index contributed by atoms with van der Waals surface area (Å²) in [6.45, 7) is 12.7. The fourth-order valence-corrected chi connectivity index (χ4v) is 5.19. The fraction of sp³-hybridized carbons (Fsp3) is 0.773. The lowest BCUT2D eigenvalue weighted by Gasteiger charge is -2.56. The average molecular weight is 392 g/mol. The maximum absolute atomic E-state index is 12.7. The summed E-state index contributed by atoms with van der Waals surface area (Å²) in [6, 6.07) is 0. The number of esters is 2. The summed E-state index contributed by atoms with van der Waals surface area (Å²) >= 11 is 0. The van der Waals surface area contributed by atoms with E-state index in [2.05, 4.69) is 6.92 Å². The second-order valence-electron chi connectivity index (χ2n) is 9.57. The van der Waals surface area contributed by atoms with Crippen LogP contribution < -0.4 is 0 Å². The number of hydrogen-bond donors (Lipinski definition) is 0. The number of carbonyl (C=O) groups excluding carboxylic acids is 3. The van der Waals surface area contributed by atoms with E-state index in [1.807, 2.05) is 27.7 Å². The first-order valence-corrected chi connectivity index (χ1v) is 10.1. The number of allylic oxidation sites excluding steroid dienone is 2. The van der Waals surface area contributed by atoms with E-state index in [9.17, 15) is 14.4 Å². The SMILES string of the molecule is CC(=O)O[C@]1(C)[C@@H](OC(=O)[C@@]2(C)O[C@H]2C)CC[C@]2(C)CC(=O)C(=C(C)C)C[C@H]21. The quantitative estimate of drug-likeness (QED) is 0.415. The monoisotopic (exact) mass is 392 g/mol. The van der Waals surface area contributed by atoms with E-state index in [4.69, 9.17) is 14.2 Å². The number of rotatable bonds is 3. The molecule has 156 valence electrons. The molecule has 1 saturated heterocycles. The Bertz CT molecular complexity index is 750. The highest BCUT2D eigenvalue weighted by atomic mass is 16.7. The normalized spacial score (nSPS) is 42.5. The van der Waals surface area contributed by atoms with Crippen molar-refractivity contribution >= 4 is 17.7 Å². The van der Waals surface area contributed by atoms with Crippen molar-refractivity contribution in [2.75, 3.05) is 0 Å². The van der Waals surface area contributed by atoms with Gasteiger partial charge in [-0.05, 0) is 64.9 Å². The lowest BCUT2D eigenvalue weighted by atomic mass is 9.53. The van der Waals surface area contributed by atoms with Crippen molar-refractivity contribution in [3.8, 4) is 0 Å². The Morgan fingerprint density at radius 1 is 1.14 bits per heavy atom. The molecule has 6 heteroatoms. The maximum atomic E-state index is 12.7. The van der Waals surface area contributed by atoms with Crippen LogP contribution in [0.4, 0.5) is 0 Å². The van der Waals surface area contributed by atoms with Gasteiger partial charge in [0.1, 0.15) is 11.7 Å². The molecule has 3 rings (SSSR count). The van der Waals surface area contributed by atoms with Crippen LogP contribution in [0, 0.1) is 11.3 Å². The molecule has 0 N–H and O–H groups in total. The fourth-order valence-electron chi connectivity index (χ4n) is 5.19. The third-order valence-electron chi connectivity index (χ3n) is 7.22. The number of ether oxygens (including phenoxy) is 3. The Kier molecular flexibility index (Phi) is 5.02. The number of ketones is 1. The zero-order valence-electron chi connectivity index (χ0n) is 18.0. The lowest BCUT2D eigenvalue weighted by Crippen LogP contribution is -2.62. The summed E-state index contributed by atoms with van der Waals surface area (Å²) < 4.78 is 17.2. The molecule has 0 unspecified atom stereocenters. The molecule has 0 aromatic carbocycles. The largest absolute Gasteiger partial charge is 0.456 e. The van der Waals surface area contributed by atoms with Crippen molar-refractivity contribution in [2.45, 2.75) is 97.6 Å². The first-order chi connectivity index (χ1) is 12.8. The molecule has 0 aromatic heterocycles. The van der Waals surface area contributed by atoms with Gasteiger partial charge < -0.3 is 14.2 Å². The van der Waals surface area contributed by atoms with Crippen molar-refractivity contribution in [2.24, 2.45) is 11.3 Å². The van der Waals surface area contributed by atoms with E-state index in [-0.39, 0.29) is 23.2 Å². The van der Waals surface area contributed by atoms with E-state index < -0.39 is 29.2 Å². The Hall–Kier alpha value is -1.69. The molecule has 0 radical (unpaired) electrons. The summed E-state index contributed by atoms with van der Waals surface area (Å²) in [6.07, 6.45) is 1.49. The molecular weight excluding hydrogens is 360 g/mol. The van der Waals surface area contributed by atoms with Crippen molar-refractivity contribution in [3.63, 3.8) is 0 Å². The van der Waals surface area contributed by atoms with Gasteiger partial charge in [0.15, 0.2) is 11.4 Å². The highest BCUT2D eigenvalue weighted by molar-refractivity contribution is 5.97. The summed E-state index contributed by atoms with van der Waals surface area (Å²) in [4.78, 5) is 37.4. The van der Waals surface area contributed by atoms with Crippen LogP contribution in [0.3, 0.4) is 0 Å². The predicted octanol–water partition coefficient (Wildman–Crippen LogP) is 3.51. The van der Waals surface area contributed by atoms with Crippen molar-refractivity contribution in [1.82, 2.24) is 0 Å². The Morgan fingerprint density at radius 3 is 2.25 bits per heavy atom. The van der Waals surface area contributed by atoms with E-state index in [1.54, 1.807) is 6.92 Å². The second kappa shape index (κ2) is 6.68. The molecule has 6 atom stereocenters. The van der Waals surface area contributed by atoms with Gasteiger partial charge in [-0.25, -0.2) is 4.79 Å². The lowest BCUT2D eigenvalue weighted by molar-refractivity contribution is -0.219. The van der Waals surface area contributed by atoms with Crippen LogP contribution in [0.15, 0.2) is 11.1 Å². The number of carbonyl (C=O) groups is 3. The van der Waals surface area contributed by atoms with Gasteiger partial charge in [-0.15, -0.1) is 0 Å². The molecule has 2 aliphatic carbocycles. The molecular formula is C22H32O6. The highest BCUT2D eigenvalue weighted by Gasteiger charge is 2.63. The van der Waals surface area contributed by atoms with Gasteiger partial charge in [0.25, 0.3) is 0 Å². The van der Waals surface area contributed by atoms with Crippen LogP contribution in [0.5, 0.6) is 0 Å². The van der Waals surface area contributed by atoms with Gasteiger partial charge in [0, 0.05) is 19.3 Å². The second-order valence-corrected chi connectivity index (χ2v) is 9.57. The first kappa shape index (κ1) is 21.0. The van der Waals surface area contributed by atoms with E-state index in [0.29, 0.717) is 19.3 Å². The highest BCUT2D eigenvalue weighted by Crippen LogP contribution is 2.57. The van der Waals surface area contributed by atoms with Crippen LogP contribution >= 0.6 is 0 Å². The van der Waals surface area contributed by atoms with Crippen LogP contribution in [-0.2, 0) is 28.6 Å². The standard InChI is InChI=1S/C22H32O6/c1-12(2)15-10-17-20(5,11-16(15)24)9-8-18(22(17,7)28-14(4)23)26-19(25)21(6)13(3)27-21/h13,17-18H,8-11H2,1-7H3/t13-,17+,18-,20+,21-,22-/m0/s1. The summed E-state index contributed by atoms with van der Waals surface area (Å²) in [5, 5.41) is 0. The predicted molar refractivity (Wildman–Crippen MR) is 102 cm³/mol. The molecule has 1 aliphatic heterocycles. The molecule has 0 aromatic rings. The van der Waals surface area contributed by atoms with Crippen LogP contribution in [0.2, 0.25) is 0 Å². The molecule has 0 amide bonds. The number of fused-ring (bicyclic) bond motifs is 1. The topological polar surface area (TPSA) is 82.2 Å². The smallest absolute Gasteiger partial charge is 0.341 e. The van der Waals surface area contributed by atoms with E-state index in [0.717, 1.165) is 17.6 Å². The first-order valence-electron chi connectivity index (χ1n) is 10.1. The molecule has 0 bridgehead atoms. The van der Waals surface area contributed by atoms with Crippen LogP contribution in [0.1, 0.15) is 74.1 Å². The van der Waals surface area contributed by atoms with Gasteiger partial charge in [-0.2, -0.15) is 0 Å². The number of epoxide rings is 1. The molecule has 3 fully saturated rings. The van der Waals surface area contributed by atoms with Gasteiger partial charge in [-0.1, -0.05) is 12.5 Å². The zero-order chi connectivity index (χ0) is 21.1. The molecule has 6 nitrogen and oxygen atoms in total. The van der Waals surface area contributed by atoms with Gasteiger partial charge in [-0.3, -0.25) is 9.59 Å². The third kappa shape index (κ3) is 3.30. The molecule has 0 spiro atoms. The Balaban J connectivity index is 1.95. The van der Waals surface area contributed by atoms with Gasteiger partial charge in [0.05, 0.1) is 6.10 Å². The van der Waals surface area contributed by atoms with Gasteiger partial charge >= 0.3 is 11.9 Å². The summed E-state index contributed by atoms with van der Waals surface area (Å²) in [5.41, 5.74) is -0.422. The van der Waals surface area contributed by atoms with E-state index >= 15 is 0 Å². The van der Waals surface area contributed by atoms with E-state index in [1.165, 1.54) is 6.92 Å². The van der Waals surface area contributed by atoms with Crippen molar-refractivity contribution in [3.05, 3.63) is 11.1 Å². The number of hydrogen-bond acceptors (Lipinski definition) is 6. The minimum atomic E-state index is -0.996. The average Bonchev–Trinajstić information content (AvgIpc) is 3.17. The van der Waals surface area contributed by atoms with Crippen LogP contribution in [-0.4, -0.2) is 41.1 Å². The minimum absolute atomic E-state index is 0.108. The molecule has 2 saturated carbocycles. The zero-order valence-corrected chi connectivity index (χ0v) is 18.0. The maximum Gasteiger partial charge on any atom is 0.341 e. The molecule has 3 aliphatic rings. The Morgan fingerprint density at radius 2 is 1.75 bits per heavy atom. The Labute approximate surface area is 167 Å². The van der Waals surface area contributed by atoms with Crippen molar-refractivity contribution in [1.29, 1.82) is 0 Å². The molecule has 28 heavy (non-hydrogen) atoms. The summed E-state index contributed by atoms with van der Waals surface area (Å²) in [7, 11) is 0. The number of Topliss-reactive ketones (excluding diaryl/α,β-unsaturated/α-hetero) is 1. The van der Waals surface area contributed by atoms with Crippen LogP contribution in [0.25, 0.3) is 0 Å². The third-order valence-corrected chi connectivity index (χ3v) is 7.22. The van der Waals surface area contributed by atoms with Gasteiger partial charge in [0.2, 0.25) is 0 Å². The molecule has 1 heterocycles.